The molecule has 0 bridgehead atoms. The molecule has 0 spiro atoms. The van der Waals surface area contributed by atoms with Gasteiger partial charge >= 0.3 is 0 Å². The number of fused-ring (bicyclic) bond motifs is 2. The number of rotatable bonds is 9. The summed E-state index contributed by atoms with van der Waals surface area (Å²) in [7, 11) is 0. The molecule has 51 heavy (non-hydrogen) atoms. The average Bonchev–Trinajstić information content (AvgIpc) is 3.60. The van der Waals surface area contributed by atoms with Crippen LogP contribution in [0.3, 0.4) is 0 Å². The highest BCUT2D eigenvalue weighted by Gasteiger charge is 2.56. The third-order valence-corrected chi connectivity index (χ3v) is 11.1. The summed E-state index contributed by atoms with van der Waals surface area (Å²) < 4.78 is 42.9. The number of halogens is 4. The molecule has 3 aliphatic rings. The maximum Gasteiger partial charge on any atom is 0.255 e. The molecular formula is C38H43ClF3N7O2. The van der Waals surface area contributed by atoms with Crippen molar-refractivity contribution < 1.29 is 22.8 Å². The lowest BCUT2D eigenvalue weighted by Gasteiger charge is -2.55. The third-order valence-electron chi connectivity index (χ3n) is 10.8. The van der Waals surface area contributed by atoms with Crippen molar-refractivity contribution in [2.75, 3.05) is 29.9 Å². The van der Waals surface area contributed by atoms with Gasteiger partial charge < -0.3 is 25.0 Å². The van der Waals surface area contributed by atoms with Gasteiger partial charge in [0.1, 0.15) is 11.3 Å². The van der Waals surface area contributed by atoms with Crippen LogP contribution in [0.2, 0.25) is 5.02 Å². The lowest BCUT2D eigenvalue weighted by molar-refractivity contribution is -0.124. The molecule has 4 aromatic rings. The highest BCUT2D eigenvalue weighted by molar-refractivity contribution is 6.34. The number of nitrogens with one attached hydrogen (secondary N) is 2. The Labute approximate surface area is 300 Å². The first kappa shape index (κ1) is 35.3. The van der Waals surface area contributed by atoms with Crippen LogP contribution in [0.1, 0.15) is 88.7 Å². The van der Waals surface area contributed by atoms with Gasteiger partial charge in [-0.15, -0.1) is 0 Å². The second kappa shape index (κ2) is 13.1. The van der Waals surface area contributed by atoms with Crippen LogP contribution in [0, 0.1) is 5.82 Å². The number of imidazole rings is 1. The molecule has 2 aromatic heterocycles. The van der Waals surface area contributed by atoms with Crippen molar-refractivity contribution >= 4 is 51.6 Å². The Balaban J connectivity index is 1.27. The van der Waals surface area contributed by atoms with Crippen LogP contribution in [0.25, 0.3) is 22.3 Å². The van der Waals surface area contributed by atoms with E-state index in [0.29, 0.717) is 22.8 Å². The van der Waals surface area contributed by atoms with E-state index in [1.807, 2.05) is 61.4 Å². The molecule has 0 atom stereocenters. The molecule has 4 heterocycles. The van der Waals surface area contributed by atoms with E-state index in [9.17, 15) is 18.4 Å². The molecule has 1 saturated heterocycles. The minimum absolute atomic E-state index is 0.0206. The Morgan fingerprint density at radius 2 is 1.78 bits per heavy atom. The summed E-state index contributed by atoms with van der Waals surface area (Å²) in [6, 6.07) is 10.4. The Bertz CT molecular complexity index is 2020. The van der Waals surface area contributed by atoms with Gasteiger partial charge in [-0.1, -0.05) is 30.2 Å². The number of pyridine rings is 1. The first-order chi connectivity index (χ1) is 24.2. The Hall–Kier alpha value is -4.16. The smallest absolute Gasteiger partial charge is 0.255 e. The first-order valence-electron chi connectivity index (χ1n) is 17.6. The minimum atomic E-state index is -2.76. The maximum atomic E-state index is 15.4. The van der Waals surface area contributed by atoms with Crippen LogP contribution >= 0.6 is 11.6 Å². The summed E-state index contributed by atoms with van der Waals surface area (Å²) in [6.45, 7) is 11.5. The zero-order valence-electron chi connectivity index (χ0n) is 29.5. The highest BCUT2D eigenvalue weighted by atomic mass is 35.5. The summed E-state index contributed by atoms with van der Waals surface area (Å²) >= 11 is 6.17. The number of benzene rings is 2. The second-order valence-corrected chi connectivity index (χ2v) is 15.6. The van der Waals surface area contributed by atoms with E-state index >= 15 is 4.39 Å². The highest BCUT2D eigenvalue weighted by Crippen LogP contribution is 2.52. The number of anilines is 3. The van der Waals surface area contributed by atoms with Crippen molar-refractivity contribution in [1.82, 2.24) is 24.8 Å². The molecular weight excluding hydrogens is 679 g/mol. The van der Waals surface area contributed by atoms with Crippen LogP contribution in [0.4, 0.5) is 30.4 Å². The van der Waals surface area contributed by atoms with E-state index in [0.717, 1.165) is 48.8 Å². The van der Waals surface area contributed by atoms with Crippen molar-refractivity contribution in [2.45, 2.75) is 96.2 Å². The molecule has 9 nitrogen and oxygen atoms in total. The fourth-order valence-corrected chi connectivity index (χ4v) is 8.26. The number of nitrogens with zero attached hydrogens (tertiary/aromatic N) is 5. The number of amides is 2. The number of carbonyl (C=O) groups excluding carboxylic acids is 2. The molecule has 2 aliphatic heterocycles. The number of carbonyl (C=O) groups is 2. The van der Waals surface area contributed by atoms with Crippen molar-refractivity contribution in [1.29, 1.82) is 0 Å². The van der Waals surface area contributed by atoms with Gasteiger partial charge in [0, 0.05) is 28.9 Å². The number of hydrogen-bond acceptors (Lipinski definition) is 6. The van der Waals surface area contributed by atoms with E-state index < -0.39 is 30.1 Å². The molecule has 2 amide bonds. The lowest BCUT2D eigenvalue weighted by Crippen LogP contribution is -2.64. The molecule has 0 radical (unpaired) electrons. The zero-order chi connectivity index (χ0) is 36.4. The SMILES string of the molecule is CC(C)n1cnc2cc(-c3ccc4c(c3)N(C3(C)CC(N5CCCCC5)C3)C(=O)C4(C)C)nc(Nc3cc(C(=O)NCC(F)F)c(Cl)cc3F)c21. The quantitative estimate of drug-likeness (QED) is 0.181. The molecule has 2 aromatic carbocycles. The zero-order valence-corrected chi connectivity index (χ0v) is 30.3. The second-order valence-electron chi connectivity index (χ2n) is 15.2. The van der Waals surface area contributed by atoms with Crippen molar-refractivity contribution in [3.8, 4) is 11.3 Å². The summed E-state index contributed by atoms with van der Waals surface area (Å²) in [5.74, 6) is -1.25. The maximum absolute atomic E-state index is 15.4. The fraction of sp³-hybridized carbons (Fsp3) is 0.474. The largest absolute Gasteiger partial charge is 0.346 e. The standard InChI is InChI=1S/C38H43ClF3N7O2/c1-21(2)48-20-44-30-16-28(45-34(33(30)48)46-29-14-24(26(39)15-27(29)40)35(50)43-19-32(41)42)22-9-10-25-31(13-22)49(36(51)37(25,3)4)38(5)17-23(18-38)47-11-7-6-8-12-47/h9-10,13-16,20-21,23,32H,6-8,11-12,17-19H2,1-5H3,(H,43,50)(H,45,46). The lowest BCUT2D eigenvalue weighted by atomic mass is 9.71. The van der Waals surface area contributed by atoms with Crippen molar-refractivity contribution in [3.63, 3.8) is 0 Å². The van der Waals surface area contributed by atoms with E-state index in [4.69, 9.17) is 16.6 Å². The molecule has 13 heteroatoms. The van der Waals surface area contributed by atoms with Gasteiger partial charge in [-0.2, -0.15) is 0 Å². The number of alkyl halides is 2. The fourth-order valence-electron chi connectivity index (χ4n) is 8.02. The first-order valence-corrected chi connectivity index (χ1v) is 18.0. The third kappa shape index (κ3) is 6.24. The predicted octanol–water partition coefficient (Wildman–Crippen LogP) is 8.24. The van der Waals surface area contributed by atoms with Crippen LogP contribution in [0.5, 0.6) is 0 Å². The molecule has 2 fully saturated rings. The number of aromatic nitrogens is 3. The molecule has 0 unspecified atom stereocenters. The summed E-state index contributed by atoms with van der Waals surface area (Å²) in [6.07, 6.45) is 4.49. The van der Waals surface area contributed by atoms with E-state index in [2.05, 4.69) is 27.4 Å². The average molecular weight is 722 g/mol. The monoisotopic (exact) mass is 721 g/mol. The van der Waals surface area contributed by atoms with Gasteiger partial charge in [0.25, 0.3) is 12.3 Å². The summed E-state index contributed by atoms with van der Waals surface area (Å²) in [4.78, 5) is 41.0. The summed E-state index contributed by atoms with van der Waals surface area (Å²) in [5.41, 5.74) is 3.06. The number of likely N-dealkylation sites (tertiary alicyclic amines) is 1. The van der Waals surface area contributed by atoms with Crippen molar-refractivity contribution in [2.24, 2.45) is 0 Å². The predicted molar refractivity (Wildman–Crippen MR) is 194 cm³/mol. The Kier molecular flexibility index (Phi) is 9.06. The van der Waals surface area contributed by atoms with Gasteiger partial charge in [-0.25, -0.2) is 23.1 Å². The van der Waals surface area contributed by atoms with Gasteiger partial charge in [0.15, 0.2) is 5.82 Å². The normalized spacial score (nSPS) is 21.7. The molecule has 7 rings (SSSR count). The van der Waals surface area contributed by atoms with Crippen molar-refractivity contribution in [3.05, 3.63) is 64.7 Å². The van der Waals surface area contributed by atoms with Gasteiger partial charge in [-0.05, 0) is 103 Å². The number of piperidine rings is 1. The molecule has 1 saturated carbocycles. The molecule has 1 aliphatic carbocycles. The Morgan fingerprint density at radius 3 is 2.47 bits per heavy atom. The molecule has 270 valence electrons. The van der Waals surface area contributed by atoms with Crippen LogP contribution < -0.4 is 15.5 Å². The van der Waals surface area contributed by atoms with Crippen LogP contribution in [0.15, 0.2) is 42.7 Å². The van der Waals surface area contributed by atoms with Gasteiger partial charge in [0.2, 0.25) is 5.91 Å². The van der Waals surface area contributed by atoms with Gasteiger partial charge in [-0.3, -0.25) is 9.59 Å². The Morgan fingerprint density at radius 1 is 1.06 bits per heavy atom. The van der Waals surface area contributed by atoms with E-state index in [-0.39, 0.29) is 39.6 Å². The van der Waals surface area contributed by atoms with E-state index in [1.165, 1.54) is 25.3 Å². The van der Waals surface area contributed by atoms with Gasteiger partial charge in [0.05, 0.1) is 45.8 Å². The van der Waals surface area contributed by atoms with E-state index in [1.54, 1.807) is 6.33 Å². The van der Waals surface area contributed by atoms with Crippen LogP contribution in [-0.2, 0) is 10.2 Å². The summed E-state index contributed by atoms with van der Waals surface area (Å²) in [5, 5.41) is 4.95. The minimum Gasteiger partial charge on any atom is -0.346 e. The van der Waals surface area contributed by atoms with Crippen LogP contribution in [-0.4, -0.2) is 68.9 Å². The topological polar surface area (TPSA) is 95.4 Å². The number of hydrogen-bond donors (Lipinski definition) is 2. The molecule has 2 N–H and O–H groups in total.